The Morgan fingerprint density at radius 3 is 2.88 bits per heavy atom. The molecule has 0 bridgehead atoms. The Balaban J connectivity index is 2.15. The molecule has 2 aromatic rings. The van der Waals surface area contributed by atoms with E-state index in [9.17, 15) is 4.79 Å². The van der Waals surface area contributed by atoms with Gasteiger partial charge in [0.05, 0.1) is 0 Å². The predicted octanol–water partition coefficient (Wildman–Crippen LogP) is 1.42. The molecule has 0 radical (unpaired) electrons. The molecule has 6 nitrogen and oxygen atoms in total. The highest BCUT2D eigenvalue weighted by Crippen LogP contribution is 2.16. The maximum atomic E-state index is 10.6. The zero-order valence-electron chi connectivity index (χ0n) is 9.28. The third-order valence-electron chi connectivity index (χ3n) is 2.27. The molecule has 2 N–H and O–H groups in total. The lowest BCUT2D eigenvalue weighted by molar-refractivity contribution is 0.116. The van der Waals surface area contributed by atoms with Crippen molar-refractivity contribution in [2.75, 3.05) is 0 Å². The SMILES string of the molecule is C[C@H](OC(N)=O)c1ccc(-n2cccn2)nc1. The van der Waals surface area contributed by atoms with Crippen molar-refractivity contribution >= 4 is 6.09 Å². The number of hydrogen-bond acceptors (Lipinski definition) is 4. The number of nitrogens with two attached hydrogens (primary N) is 1. The monoisotopic (exact) mass is 232 g/mol. The second kappa shape index (κ2) is 4.65. The van der Waals surface area contributed by atoms with Gasteiger partial charge in [0.2, 0.25) is 0 Å². The quantitative estimate of drug-likeness (QED) is 0.867. The summed E-state index contributed by atoms with van der Waals surface area (Å²) in [4.78, 5) is 14.8. The molecule has 0 unspecified atom stereocenters. The van der Waals surface area contributed by atoms with E-state index in [0.717, 1.165) is 5.56 Å². The summed E-state index contributed by atoms with van der Waals surface area (Å²) in [6.45, 7) is 1.73. The lowest BCUT2D eigenvalue weighted by atomic mass is 10.2. The zero-order chi connectivity index (χ0) is 12.3. The molecular weight excluding hydrogens is 220 g/mol. The van der Waals surface area contributed by atoms with Gasteiger partial charge in [0.15, 0.2) is 5.82 Å². The number of carbonyl (C=O) groups is 1. The van der Waals surface area contributed by atoms with Crippen LogP contribution in [-0.2, 0) is 4.74 Å². The molecule has 0 fully saturated rings. The number of aromatic nitrogens is 3. The Kier molecular flexibility index (Phi) is 3.04. The minimum absolute atomic E-state index is 0.410. The fourth-order valence-corrected chi connectivity index (χ4v) is 1.42. The van der Waals surface area contributed by atoms with Crippen LogP contribution in [-0.4, -0.2) is 20.9 Å². The summed E-state index contributed by atoms with van der Waals surface area (Å²) in [6.07, 6.45) is 3.89. The summed E-state index contributed by atoms with van der Waals surface area (Å²) in [6, 6.07) is 5.43. The molecule has 1 atom stereocenters. The van der Waals surface area contributed by atoms with E-state index in [1.54, 1.807) is 36.3 Å². The smallest absolute Gasteiger partial charge is 0.405 e. The van der Waals surface area contributed by atoms with Crippen molar-refractivity contribution in [2.45, 2.75) is 13.0 Å². The number of hydrogen-bond donors (Lipinski definition) is 1. The van der Waals surface area contributed by atoms with Crippen LogP contribution < -0.4 is 5.73 Å². The summed E-state index contributed by atoms with van der Waals surface area (Å²) >= 11 is 0. The fraction of sp³-hybridized carbons (Fsp3) is 0.182. The zero-order valence-corrected chi connectivity index (χ0v) is 9.28. The lowest BCUT2D eigenvalue weighted by Gasteiger charge is -2.11. The van der Waals surface area contributed by atoms with Crippen LogP contribution in [0.1, 0.15) is 18.6 Å². The summed E-state index contributed by atoms with van der Waals surface area (Å²) in [5.74, 6) is 0.699. The Morgan fingerprint density at radius 1 is 1.53 bits per heavy atom. The highest BCUT2D eigenvalue weighted by Gasteiger charge is 2.09. The number of rotatable bonds is 3. The molecule has 0 saturated heterocycles. The van der Waals surface area contributed by atoms with E-state index in [4.69, 9.17) is 10.5 Å². The summed E-state index contributed by atoms with van der Waals surface area (Å²) in [7, 11) is 0. The minimum atomic E-state index is -0.798. The van der Waals surface area contributed by atoms with Crippen molar-refractivity contribution in [2.24, 2.45) is 5.73 Å². The first-order valence-corrected chi connectivity index (χ1v) is 5.09. The molecule has 0 spiro atoms. The number of pyridine rings is 1. The van der Waals surface area contributed by atoms with Crippen molar-refractivity contribution in [1.29, 1.82) is 0 Å². The molecule has 1 amide bonds. The van der Waals surface area contributed by atoms with Crippen LogP contribution in [0.4, 0.5) is 4.79 Å². The van der Waals surface area contributed by atoms with Crippen molar-refractivity contribution in [1.82, 2.24) is 14.8 Å². The maximum Gasteiger partial charge on any atom is 0.405 e. The van der Waals surface area contributed by atoms with Crippen molar-refractivity contribution in [3.05, 3.63) is 42.4 Å². The number of ether oxygens (including phenoxy) is 1. The molecule has 0 saturated carbocycles. The molecule has 0 aliphatic carbocycles. The number of carbonyl (C=O) groups excluding carboxylic acids is 1. The summed E-state index contributed by atoms with van der Waals surface area (Å²) < 4.78 is 6.49. The van der Waals surface area contributed by atoms with Gasteiger partial charge < -0.3 is 10.5 Å². The van der Waals surface area contributed by atoms with Gasteiger partial charge >= 0.3 is 6.09 Å². The van der Waals surface area contributed by atoms with Gasteiger partial charge in [-0.1, -0.05) is 6.07 Å². The molecule has 2 rings (SSSR count). The van der Waals surface area contributed by atoms with E-state index < -0.39 is 12.2 Å². The molecule has 0 aliphatic rings. The second-order valence-electron chi connectivity index (χ2n) is 3.48. The van der Waals surface area contributed by atoms with E-state index >= 15 is 0 Å². The Bertz CT molecular complexity index is 493. The number of primary amides is 1. The van der Waals surface area contributed by atoms with Crippen LogP contribution in [0.3, 0.4) is 0 Å². The van der Waals surface area contributed by atoms with Gasteiger partial charge in [0.25, 0.3) is 0 Å². The van der Waals surface area contributed by atoms with Crippen molar-refractivity contribution in [3.8, 4) is 5.82 Å². The van der Waals surface area contributed by atoms with Gasteiger partial charge in [-0.2, -0.15) is 5.10 Å². The van der Waals surface area contributed by atoms with E-state index in [2.05, 4.69) is 10.1 Å². The Hall–Kier alpha value is -2.37. The molecule has 0 aromatic carbocycles. The highest BCUT2D eigenvalue weighted by atomic mass is 16.6. The van der Waals surface area contributed by atoms with Crippen LogP contribution in [0.15, 0.2) is 36.8 Å². The van der Waals surface area contributed by atoms with Crippen LogP contribution in [0, 0.1) is 0 Å². The molecule has 6 heteroatoms. The average molecular weight is 232 g/mol. The number of amides is 1. The molecule has 17 heavy (non-hydrogen) atoms. The third kappa shape index (κ3) is 2.60. The van der Waals surface area contributed by atoms with Gasteiger partial charge in [-0.15, -0.1) is 0 Å². The van der Waals surface area contributed by atoms with Gasteiger partial charge in [0, 0.05) is 24.2 Å². The fourth-order valence-electron chi connectivity index (χ4n) is 1.42. The van der Waals surface area contributed by atoms with Gasteiger partial charge in [-0.05, 0) is 19.1 Å². The summed E-state index contributed by atoms with van der Waals surface area (Å²) in [5, 5.41) is 4.06. The first-order valence-electron chi connectivity index (χ1n) is 5.09. The van der Waals surface area contributed by atoms with Crippen LogP contribution in [0.25, 0.3) is 5.82 Å². The van der Waals surface area contributed by atoms with Gasteiger partial charge in [-0.25, -0.2) is 14.5 Å². The van der Waals surface area contributed by atoms with E-state index in [1.165, 1.54) is 0 Å². The lowest BCUT2D eigenvalue weighted by Crippen LogP contribution is -2.15. The Morgan fingerprint density at radius 2 is 2.35 bits per heavy atom. The van der Waals surface area contributed by atoms with Crippen LogP contribution >= 0.6 is 0 Å². The average Bonchev–Trinajstić information content (AvgIpc) is 2.82. The molecule has 2 aromatic heterocycles. The third-order valence-corrected chi connectivity index (χ3v) is 2.27. The second-order valence-corrected chi connectivity index (χ2v) is 3.48. The van der Waals surface area contributed by atoms with E-state index in [0.29, 0.717) is 5.82 Å². The minimum Gasteiger partial charge on any atom is -0.442 e. The maximum absolute atomic E-state index is 10.6. The molecule has 88 valence electrons. The van der Waals surface area contributed by atoms with Crippen LogP contribution in [0.5, 0.6) is 0 Å². The van der Waals surface area contributed by atoms with Crippen molar-refractivity contribution in [3.63, 3.8) is 0 Å². The van der Waals surface area contributed by atoms with Gasteiger partial charge in [0.1, 0.15) is 6.10 Å². The standard InChI is InChI=1S/C11H12N4O2/c1-8(17-11(12)16)9-3-4-10(13-7-9)15-6-2-5-14-15/h2-8H,1H3,(H2,12,16)/t8-/m0/s1. The topological polar surface area (TPSA) is 83.0 Å². The highest BCUT2D eigenvalue weighted by molar-refractivity contribution is 5.64. The first-order chi connectivity index (χ1) is 8.16. The van der Waals surface area contributed by atoms with E-state index in [1.807, 2.05) is 12.1 Å². The Labute approximate surface area is 98.0 Å². The van der Waals surface area contributed by atoms with Gasteiger partial charge in [-0.3, -0.25) is 0 Å². The number of nitrogens with zero attached hydrogens (tertiary/aromatic N) is 3. The van der Waals surface area contributed by atoms with Crippen molar-refractivity contribution < 1.29 is 9.53 Å². The predicted molar refractivity (Wildman–Crippen MR) is 60.4 cm³/mol. The molecular formula is C11H12N4O2. The van der Waals surface area contributed by atoms with E-state index in [-0.39, 0.29) is 0 Å². The summed E-state index contributed by atoms with van der Waals surface area (Å²) in [5.41, 5.74) is 5.72. The first kappa shape index (κ1) is 11.1. The van der Waals surface area contributed by atoms with Crippen LogP contribution in [0.2, 0.25) is 0 Å². The largest absolute Gasteiger partial charge is 0.442 e. The molecule has 0 aliphatic heterocycles. The normalized spacial score (nSPS) is 12.1. The molecule has 2 heterocycles.